The normalized spacial score (nSPS) is 12.0. The minimum Gasteiger partial charge on any atom is -0.484 e. The number of carbonyl (C=O) groups excluding carboxylic acids is 1. The lowest BCUT2D eigenvalue weighted by Gasteiger charge is -2.15. The van der Waals surface area contributed by atoms with Crippen LogP contribution in [0.4, 0.5) is 0 Å². The van der Waals surface area contributed by atoms with Crippen LogP contribution >= 0.6 is 0 Å². The zero-order valence-electron chi connectivity index (χ0n) is 14.1. The molecule has 1 N–H and O–H groups in total. The van der Waals surface area contributed by atoms with Gasteiger partial charge in [-0.2, -0.15) is 0 Å². The molecule has 122 valence electrons. The fourth-order valence-corrected chi connectivity index (χ4v) is 2.45. The van der Waals surface area contributed by atoms with Crippen LogP contribution in [-0.2, 0) is 11.2 Å². The van der Waals surface area contributed by atoms with Crippen molar-refractivity contribution in [2.75, 3.05) is 6.61 Å². The van der Waals surface area contributed by atoms with Crippen LogP contribution in [0, 0.1) is 5.92 Å². The number of carbonyl (C=O) groups is 1. The van der Waals surface area contributed by atoms with E-state index in [0.717, 1.165) is 12.0 Å². The highest BCUT2D eigenvalue weighted by atomic mass is 16.5. The Morgan fingerprint density at radius 1 is 1.00 bits per heavy atom. The van der Waals surface area contributed by atoms with E-state index in [0.29, 0.717) is 11.7 Å². The molecule has 0 bridgehead atoms. The van der Waals surface area contributed by atoms with E-state index in [1.807, 2.05) is 37.3 Å². The number of ether oxygens (including phenoxy) is 1. The second-order valence-corrected chi connectivity index (χ2v) is 6.23. The molecular formula is C20H25NO2. The van der Waals surface area contributed by atoms with Crippen LogP contribution in [-0.4, -0.2) is 12.5 Å². The maximum absolute atomic E-state index is 12.0. The highest BCUT2D eigenvalue weighted by Crippen LogP contribution is 2.15. The summed E-state index contributed by atoms with van der Waals surface area (Å²) in [7, 11) is 0. The van der Waals surface area contributed by atoms with Gasteiger partial charge in [-0.3, -0.25) is 4.79 Å². The highest BCUT2D eigenvalue weighted by molar-refractivity contribution is 5.78. The zero-order chi connectivity index (χ0) is 16.7. The minimum absolute atomic E-state index is 0.0276. The Morgan fingerprint density at radius 2 is 1.65 bits per heavy atom. The molecule has 0 radical (unpaired) electrons. The van der Waals surface area contributed by atoms with E-state index >= 15 is 0 Å². The average molecular weight is 311 g/mol. The highest BCUT2D eigenvalue weighted by Gasteiger charge is 2.10. The fourth-order valence-electron chi connectivity index (χ4n) is 2.45. The molecular weight excluding hydrogens is 286 g/mol. The van der Waals surface area contributed by atoms with Gasteiger partial charge in [0.05, 0.1) is 6.04 Å². The predicted octanol–water partition coefficient (Wildman–Crippen LogP) is 4.14. The van der Waals surface area contributed by atoms with Crippen molar-refractivity contribution in [1.82, 2.24) is 5.32 Å². The van der Waals surface area contributed by atoms with Gasteiger partial charge in [-0.1, -0.05) is 56.3 Å². The van der Waals surface area contributed by atoms with Gasteiger partial charge in [0.15, 0.2) is 6.61 Å². The summed E-state index contributed by atoms with van der Waals surface area (Å²) in [4.78, 5) is 12.0. The van der Waals surface area contributed by atoms with E-state index < -0.39 is 0 Å². The number of nitrogens with one attached hydrogen (secondary N) is 1. The van der Waals surface area contributed by atoms with Gasteiger partial charge < -0.3 is 10.1 Å². The van der Waals surface area contributed by atoms with Crippen molar-refractivity contribution in [3.8, 4) is 5.75 Å². The zero-order valence-corrected chi connectivity index (χ0v) is 14.1. The van der Waals surface area contributed by atoms with E-state index in [2.05, 4.69) is 43.4 Å². The summed E-state index contributed by atoms with van der Waals surface area (Å²) in [5.41, 5.74) is 2.43. The summed E-state index contributed by atoms with van der Waals surface area (Å²) in [6, 6.07) is 17.8. The molecule has 2 aromatic rings. The van der Waals surface area contributed by atoms with Crippen LogP contribution < -0.4 is 10.1 Å². The van der Waals surface area contributed by atoms with Crippen LogP contribution in [0.15, 0.2) is 54.6 Å². The molecule has 2 rings (SSSR count). The number of hydrogen-bond acceptors (Lipinski definition) is 2. The van der Waals surface area contributed by atoms with E-state index in [1.54, 1.807) is 0 Å². The smallest absolute Gasteiger partial charge is 0.258 e. The average Bonchev–Trinajstić information content (AvgIpc) is 2.54. The van der Waals surface area contributed by atoms with Gasteiger partial charge in [-0.05, 0) is 42.5 Å². The van der Waals surface area contributed by atoms with Gasteiger partial charge in [0.25, 0.3) is 5.91 Å². The van der Waals surface area contributed by atoms with Gasteiger partial charge in [-0.25, -0.2) is 0 Å². The van der Waals surface area contributed by atoms with Crippen molar-refractivity contribution in [3.63, 3.8) is 0 Å². The van der Waals surface area contributed by atoms with E-state index in [1.165, 1.54) is 5.56 Å². The third kappa shape index (κ3) is 5.78. The number of benzene rings is 2. The van der Waals surface area contributed by atoms with Crippen LogP contribution in [0.5, 0.6) is 5.75 Å². The Balaban J connectivity index is 1.83. The third-order valence-electron chi connectivity index (χ3n) is 3.61. The van der Waals surface area contributed by atoms with Crippen molar-refractivity contribution in [3.05, 3.63) is 65.7 Å². The molecule has 0 aliphatic heterocycles. The Kier molecular flexibility index (Phi) is 6.21. The maximum atomic E-state index is 12.0. The summed E-state index contributed by atoms with van der Waals surface area (Å²) in [6.07, 6.45) is 1.08. The molecule has 0 aromatic heterocycles. The molecule has 0 heterocycles. The van der Waals surface area contributed by atoms with Gasteiger partial charge >= 0.3 is 0 Å². The number of rotatable bonds is 7. The van der Waals surface area contributed by atoms with Gasteiger partial charge in [0.2, 0.25) is 0 Å². The van der Waals surface area contributed by atoms with Crippen LogP contribution in [0.3, 0.4) is 0 Å². The first-order valence-corrected chi connectivity index (χ1v) is 8.10. The van der Waals surface area contributed by atoms with Crippen LogP contribution in [0.2, 0.25) is 0 Å². The largest absolute Gasteiger partial charge is 0.484 e. The summed E-state index contributed by atoms with van der Waals surface area (Å²) < 4.78 is 5.46. The Morgan fingerprint density at radius 3 is 2.26 bits per heavy atom. The summed E-state index contributed by atoms with van der Waals surface area (Å²) in [5.74, 6) is 1.23. The van der Waals surface area contributed by atoms with E-state index in [9.17, 15) is 4.79 Å². The second-order valence-electron chi connectivity index (χ2n) is 6.23. The molecule has 0 aliphatic rings. The molecule has 3 nitrogen and oxygen atoms in total. The minimum atomic E-state index is -0.118. The van der Waals surface area contributed by atoms with Gasteiger partial charge in [-0.15, -0.1) is 0 Å². The van der Waals surface area contributed by atoms with Crippen molar-refractivity contribution >= 4 is 5.91 Å². The van der Waals surface area contributed by atoms with E-state index in [4.69, 9.17) is 4.74 Å². The molecule has 0 spiro atoms. The van der Waals surface area contributed by atoms with Gasteiger partial charge in [0, 0.05) is 0 Å². The molecule has 3 heteroatoms. The van der Waals surface area contributed by atoms with Crippen LogP contribution in [0.1, 0.15) is 37.9 Å². The molecule has 0 fully saturated rings. The summed E-state index contributed by atoms with van der Waals surface area (Å²) in [5, 5.41) is 2.96. The number of hydrogen-bond donors (Lipinski definition) is 1. The molecule has 1 atom stereocenters. The third-order valence-corrected chi connectivity index (χ3v) is 3.61. The quantitative estimate of drug-likeness (QED) is 0.834. The lowest BCUT2D eigenvalue weighted by atomic mass is 10.00. The molecule has 1 amide bonds. The first-order valence-electron chi connectivity index (χ1n) is 8.10. The predicted molar refractivity (Wildman–Crippen MR) is 93.5 cm³/mol. The summed E-state index contributed by atoms with van der Waals surface area (Å²) in [6.45, 7) is 6.44. The Hall–Kier alpha value is -2.29. The molecule has 0 unspecified atom stereocenters. The maximum Gasteiger partial charge on any atom is 0.258 e. The van der Waals surface area contributed by atoms with E-state index in [-0.39, 0.29) is 18.6 Å². The molecule has 2 aromatic carbocycles. The van der Waals surface area contributed by atoms with Crippen molar-refractivity contribution in [1.29, 1.82) is 0 Å². The Labute approximate surface area is 138 Å². The molecule has 23 heavy (non-hydrogen) atoms. The van der Waals surface area contributed by atoms with Crippen LogP contribution in [0.25, 0.3) is 0 Å². The molecule has 0 saturated heterocycles. The van der Waals surface area contributed by atoms with Gasteiger partial charge in [0.1, 0.15) is 5.75 Å². The first-order chi connectivity index (χ1) is 11.0. The standard InChI is InChI=1S/C20H25NO2/c1-15(2)13-17-9-11-18(12-10-17)16(3)21-20(22)14-23-19-7-5-4-6-8-19/h4-12,15-16H,13-14H2,1-3H3,(H,21,22)/t16-/m1/s1. The fraction of sp³-hybridized carbons (Fsp3) is 0.350. The SMILES string of the molecule is CC(C)Cc1ccc([C@@H](C)NC(=O)COc2ccccc2)cc1. The van der Waals surface area contributed by atoms with Crippen molar-refractivity contribution in [2.24, 2.45) is 5.92 Å². The van der Waals surface area contributed by atoms with Crippen molar-refractivity contribution in [2.45, 2.75) is 33.2 Å². The monoisotopic (exact) mass is 311 g/mol. The lowest BCUT2D eigenvalue weighted by Crippen LogP contribution is -2.31. The first kappa shape index (κ1) is 17.1. The summed E-state index contributed by atoms with van der Waals surface area (Å²) >= 11 is 0. The topological polar surface area (TPSA) is 38.3 Å². The Bertz CT molecular complexity index is 605. The number of amides is 1. The molecule has 0 aliphatic carbocycles. The van der Waals surface area contributed by atoms with Crippen molar-refractivity contribution < 1.29 is 9.53 Å². The second kappa shape index (κ2) is 8.37. The molecule has 0 saturated carbocycles. The number of para-hydroxylation sites is 1. The lowest BCUT2D eigenvalue weighted by molar-refractivity contribution is -0.123.